The summed E-state index contributed by atoms with van der Waals surface area (Å²) in [5.41, 5.74) is 1.50. The first kappa shape index (κ1) is 13.8. The van der Waals surface area contributed by atoms with Crippen LogP contribution < -0.4 is 0 Å². The molecular weight excluding hydrogens is 260 g/mol. The van der Waals surface area contributed by atoms with Crippen molar-refractivity contribution in [2.75, 3.05) is 0 Å². The SMILES string of the molecule is CC(C)(C)c1ccc(C(O)CCc2ccsc2)s1. The fourth-order valence-corrected chi connectivity index (χ4v) is 3.60. The number of hydrogen-bond donors (Lipinski definition) is 1. The second-order valence-electron chi connectivity index (χ2n) is 5.64. The minimum Gasteiger partial charge on any atom is -0.388 e. The molecule has 0 bridgehead atoms. The summed E-state index contributed by atoms with van der Waals surface area (Å²) in [6.45, 7) is 6.63. The topological polar surface area (TPSA) is 20.2 Å². The number of hydrogen-bond acceptors (Lipinski definition) is 3. The summed E-state index contributed by atoms with van der Waals surface area (Å²) >= 11 is 3.45. The van der Waals surface area contributed by atoms with E-state index in [1.807, 2.05) is 0 Å². The van der Waals surface area contributed by atoms with Crippen LogP contribution in [0.15, 0.2) is 29.0 Å². The van der Waals surface area contributed by atoms with Crippen LogP contribution in [0.1, 0.15) is 48.6 Å². The van der Waals surface area contributed by atoms with Crippen LogP contribution in [0.25, 0.3) is 0 Å². The maximum atomic E-state index is 10.2. The Balaban J connectivity index is 1.96. The van der Waals surface area contributed by atoms with E-state index in [0.29, 0.717) is 0 Å². The van der Waals surface area contributed by atoms with Gasteiger partial charge < -0.3 is 5.11 Å². The highest BCUT2D eigenvalue weighted by molar-refractivity contribution is 7.12. The molecule has 0 amide bonds. The van der Waals surface area contributed by atoms with E-state index in [4.69, 9.17) is 0 Å². The molecule has 1 nitrogen and oxygen atoms in total. The van der Waals surface area contributed by atoms with Crippen LogP contribution in [-0.4, -0.2) is 5.11 Å². The Bertz CT molecular complexity index is 477. The Hall–Kier alpha value is -0.640. The number of aliphatic hydroxyl groups excluding tert-OH is 1. The van der Waals surface area contributed by atoms with Crippen molar-refractivity contribution in [2.45, 2.75) is 45.1 Å². The highest BCUT2D eigenvalue weighted by atomic mass is 32.1. The second kappa shape index (κ2) is 5.55. The van der Waals surface area contributed by atoms with Gasteiger partial charge in [-0.3, -0.25) is 0 Å². The Labute approximate surface area is 117 Å². The normalized spacial score (nSPS) is 13.8. The van der Waals surface area contributed by atoms with Crippen molar-refractivity contribution >= 4 is 22.7 Å². The highest BCUT2D eigenvalue weighted by Crippen LogP contribution is 2.33. The molecule has 0 aliphatic carbocycles. The molecule has 0 aliphatic heterocycles. The molecular formula is C15H20OS2. The average molecular weight is 280 g/mol. The van der Waals surface area contributed by atoms with Gasteiger partial charge in [-0.1, -0.05) is 20.8 Å². The fourth-order valence-electron chi connectivity index (χ4n) is 1.82. The van der Waals surface area contributed by atoms with Gasteiger partial charge in [-0.05, 0) is 52.8 Å². The van der Waals surface area contributed by atoms with E-state index >= 15 is 0 Å². The van der Waals surface area contributed by atoms with E-state index in [0.717, 1.165) is 17.7 Å². The van der Waals surface area contributed by atoms with Gasteiger partial charge in [0.25, 0.3) is 0 Å². The van der Waals surface area contributed by atoms with Gasteiger partial charge in [-0.25, -0.2) is 0 Å². The van der Waals surface area contributed by atoms with Gasteiger partial charge in [0.1, 0.15) is 0 Å². The van der Waals surface area contributed by atoms with Gasteiger partial charge in [0.05, 0.1) is 6.10 Å². The number of aryl methyl sites for hydroxylation is 1. The summed E-state index contributed by atoms with van der Waals surface area (Å²) in [5.74, 6) is 0. The van der Waals surface area contributed by atoms with E-state index in [2.05, 4.69) is 49.7 Å². The van der Waals surface area contributed by atoms with E-state index < -0.39 is 0 Å². The van der Waals surface area contributed by atoms with E-state index in [1.54, 1.807) is 22.7 Å². The third kappa shape index (κ3) is 3.44. The number of rotatable bonds is 4. The van der Waals surface area contributed by atoms with Crippen molar-refractivity contribution < 1.29 is 5.11 Å². The lowest BCUT2D eigenvalue weighted by atomic mass is 9.95. The standard InChI is InChI=1S/C15H20OS2/c1-15(2,3)14-7-6-13(18-14)12(16)5-4-11-8-9-17-10-11/h6-10,12,16H,4-5H2,1-3H3. The lowest BCUT2D eigenvalue weighted by Crippen LogP contribution is -2.07. The largest absolute Gasteiger partial charge is 0.388 e. The predicted octanol–water partition coefficient (Wildman–Crippen LogP) is 4.77. The summed E-state index contributed by atoms with van der Waals surface area (Å²) in [7, 11) is 0. The van der Waals surface area contributed by atoms with Crippen LogP contribution in [0.3, 0.4) is 0 Å². The quantitative estimate of drug-likeness (QED) is 0.855. The van der Waals surface area contributed by atoms with Gasteiger partial charge in [0.2, 0.25) is 0 Å². The van der Waals surface area contributed by atoms with Crippen LogP contribution in [0.2, 0.25) is 0 Å². The number of aliphatic hydroxyl groups is 1. The van der Waals surface area contributed by atoms with Gasteiger partial charge in [-0.2, -0.15) is 11.3 Å². The summed E-state index contributed by atoms with van der Waals surface area (Å²) < 4.78 is 0. The smallest absolute Gasteiger partial charge is 0.0885 e. The molecule has 3 heteroatoms. The molecule has 1 unspecified atom stereocenters. The maximum Gasteiger partial charge on any atom is 0.0885 e. The highest BCUT2D eigenvalue weighted by Gasteiger charge is 2.18. The third-order valence-corrected chi connectivity index (χ3v) is 5.33. The van der Waals surface area contributed by atoms with Crippen LogP contribution in [0.5, 0.6) is 0 Å². The molecule has 18 heavy (non-hydrogen) atoms. The van der Waals surface area contributed by atoms with Crippen LogP contribution >= 0.6 is 22.7 Å². The maximum absolute atomic E-state index is 10.2. The van der Waals surface area contributed by atoms with Gasteiger partial charge >= 0.3 is 0 Å². The molecule has 0 saturated heterocycles. The summed E-state index contributed by atoms with van der Waals surface area (Å²) in [6.07, 6.45) is 1.43. The predicted molar refractivity (Wildman–Crippen MR) is 80.6 cm³/mol. The molecule has 0 saturated carbocycles. The average Bonchev–Trinajstić information content (AvgIpc) is 2.96. The Morgan fingerprint density at radius 3 is 2.56 bits per heavy atom. The molecule has 2 heterocycles. The zero-order chi connectivity index (χ0) is 13.2. The molecule has 2 aromatic rings. The summed E-state index contributed by atoms with van der Waals surface area (Å²) in [5, 5.41) is 14.5. The molecule has 0 radical (unpaired) electrons. The number of thiophene rings is 2. The van der Waals surface area contributed by atoms with E-state index in [9.17, 15) is 5.11 Å². The lowest BCUT2D eigenvalue weighted by Gasteiger charge is -2.15. The molecule has 2 rings (SSSR count). The monoisotopic (exact) mass is 280 g/mol. The Kier molecular flexibility index (Phi) is 4.25. The fraction of sp³-hybridized carbons (Fsp3) is 0.467. The lowest BCUT2D eigenvalue weighted by molar-refractivity contribution is 0.171. The molecule has 0 aliphatic rings. The zero-order valence-corrected chi connectivity index (χ0v) is 12.8. The summed E-state index contributed by atoms with van der Waals surface area (Å²) in [6, 6.07) is 6.35. The van der Waals surface area contributed by atoms with Crippen LogP contribution in [-0.2, 0) is 11.8 Å². The summed E-state index contributed by atoms with van der Waals surface area (Å²) in [4.78, 5) is 2.43. The molecule has 0 fully saturated rings. The van der Waals surface area contributed by atoms with Gasteiger partial charge in [0, 0.05) is 9.75 Å². The molecule has 2 aromatic heterocycles. The van der Waals surface area contributed by atoms with Crippen LogP contribution in [0.4, 0.5) is 0 Å². The Morgan fingerprint density at radius 2 is 2.00 bits per heavy atom. The Morgan fingerprint density at radius 1 is 1.22 bits per heavy atom. The van der Waals surface area contributed by atoms with Gasteiger partial charge in [-0.15, -0.1) is 11.3 Å². The molecule has 1 N–H and O–H groups in total. The first-order valence-corrected chi connectivity index (χ1v) is 8.02. The first-order chi connectivity index (χ1) is 8.47. The molecule has 1 atom stereocenters. The van der Waals surface area contributed by atoms with Crippen molar-refractivity contribution in [3.8, 4) is 0 Å². The van der Waals surface area contributed by atoms with Crippen LogP contribution in [0, 0.1) is 0 Å². The molecule has 98 valence electrons. The van der Waals surface area contributed by atoms with E-state index in [1.165, 1.54) is 10.4 Å². The van der Waals surface area contributed by atoms with Crippen molar-refractivity contribution in [2.24, 2.45) is 0 Å². The zero-order valence-electron chi connectivity index (χ0n) is 11.1. The third-order valence-electron chi connectivity index (χ3n) is 2.98. The minimum absolute atomic E-state index is 0.177. The first-order valence-electron chi connectivity index (χ1n) is 6.26. The second-order valence-corrected chi connectivity index (χ2v) is 7.53. The molecule has 0 aromatic carbocycles. The minimum atomic E-state index is -0.328. The van der Waals surface area contributed by atoms with Crippen molar-refractivity contribution in [3.63, 3.8) is 0 Å². The van der Waals surface area contributed by atoms with Crippen molar-refractivity contribution in [3.05, 3.63) is 44.3 Å². The van der Waals surface area contributed by atoms with Gasteiger partial charge in [0.15, 0.2) is 0 Å². The molecule has 0 spiro atoms. The van der Waals surface area contributed by atoms with E-state index in [-0.39, 0.29) is 11.5 Å². The van der Waals surface area contributed by atoms with Crippen molar-refractivity contribution in [1.82, 2.24) is 0 Å². The van der Waals surface area contributed by atoms with Crippen molar-refractivity contribution in [1.29, 1.82) is 0 Å².